The first-order valence-corrected chi connectivity index (χ1v) is 6.61. The van der Waals surface area contributed by atoms with Gasteiger partial charge in [-0.2, -0.15) is 0 Å². The maximum absolute atomic E-state index is 13.4. The number of benzene rings is 1. The number of rotatable bonds is 5. The third-order valence-electron chi connectivity index (χ3n) is 2.00. The number of alkyl halides is 1. The summed E-state index contributed by atoms with van der Waals surface area (Å²) in [6.45, 7) is 0.847. The van der Waals surface area contributed by atoms with Gasteiger partial charge in [0.1, 0.15) is 5.82 Å². The molecule has 6 heteroatoms. The first-order chi connectivity index (χ1) is 8.04. The average molecular weight is 369 g/mol. The van der Waals surface area contributed by atoms with E-state index < -0.39 is 11.7 Å². The van der Waals surface area contributed by atoms with Crippen LogP contribution < -0.4 is 5.32 Å². The van der Waals surface area contributed by atoms with Crippen molar-refractivity contribution in [3.05, 3.63) is 34.1 Å². The normalized spacial score (nSPS) is 12.2. The van der Waals surface area contributed by atoms with Crippen LogP contribution in [0.1, 0.15) is 10.4 Å². The quantitative estimate of drug-likeness (QED) is 0.811. The lowest BCUT2D eigenvalue weighted by Gasteiger charge is -2.10. The zero-order valence-electron chi connectivity index (χ0n) is 9.17. The minimum absolute atomic E-state index is 0.00617. The van der Waals surface area contributed by atoms with E-state index in [-0.39, 0.29) is 10.4 Å². The molecular weight excluding hydrogens is 357 g/mol. The van der Waals surface area contributed by atoms with Crippen LogP contribution in [0.5, 0.6) is 0 Å². The van der Waals surface area contributed by atoms with Crippen LogP contribution in [0.15, 0.2) is 22.7 Å². The fraction of sp³-hybridized carbons (Fsp3) is 0.364. The van der Waals surface area contributed by atoms with Crippen LogP contribution in [0.2, 0.25) is 0 Å². The van der Waals surface area contributed by atoms with Crippen LogP contribution in [-0.2, 0) is 4.74 Å². The van der Waals surface area contributed by atoms with Crippen molar-refractivity contribution in [3.8, 4) is 0 Å². The molecule has 0 radical (unpaired) electrons. The lowest BCUT2D eigenvalue weighted by Crippen LogP contribution is -2.31. The molecule has 0 fully saturated rings. The van der Waals surface area contributed by atoms with E-state index in [9.17, 15) is 9.18 Å². The Morgan fingerprint density at radius 2 is 2.29 bits per heavy atom. The van der Waals surface area contributed by atoms with Gasteiger partial charge in [0.2, 0.25) is 0 Å². The van der Waals surface area contributed by atoms with Crippen LogP contribution in [0.3, 0.4) is 0 Å². The Hall–Kier alpha value is -0.460. The second-order valence-corrected chi connectivity index (χ2v) is 5.60. The maximum atomic E-state index is 13.4. The van der Waals surface area contributed by atoms with Crippen LogP contribution in [0, 0.1) is 5.82 Å². The molecule has 0 spiro atoms. The van der Waals surface area contributed by atoms with Gasteiger partial charge in [0.05, 0.1) is 17.0 Å². The van der Waals surface area contributed by atoms with Gasteiger partial charge in [-0.1, -0.05) is 31.9 Å². The van der Waals surface area contributed by atoms with Gasteiger partial charge in [0.25, 0.3) is 5.91 Å². The second kappa shape index (κ2) is 7.08. The van der Waals surface area contributed by atoms with Gasteiger partial charge in [-0.25, -0.2) is 4.39 Å². The monoisotopic (exact) mass is 367 g/mol. The second-order valence-electron chi connectivity index (χ2n) is 3.39. The highest BCUT2D eigenvalue weighted by molar-refractivity contribution is 9.10. The van der Waals surface area contributed by atoms with Gasteiger partial charge in [-0.3, -0.25) is 4.79 Å². The van der Waals surface area contributed by atoms with E-state index in [0.29, 0.717) is 17.6 Å². The molecule has 94 valence electrons. The SMILES string of the molecule is COCC(Br)CNC(=O)c1cc(Br)ccc1F. The Kier molecular flexibility index (Phi) is 6.08. The molecule has 1 aromatic rings. The summed E-state index contributed by atoms with van der Waals surface area (Å²) in [7, 11) is 1.57. The molecule has 0 heterocycles. The van der Waals surface area contributed by atoms with Crippen molar-refractivity contribution in [1.82, 2.24) is 5.32 Å². The molecule has 0 aliphatic heterocycles. The molecule has 3 nitrogen and oxygen atoms in total. The predicted octanol–water partition coefficient (Wildman–Crippen LogP) is 2.73. The Morgan fingerprint density at radius 3 is 2.94 bits per heavy atom. The predicted molar refractivity (Wildman–Crippen MR) is 71.0 cm³/mol. The highest BCUT2D eigenvalue weighted by Gasteiger charge is 2.13. The Labute approximate surface area is 116 Å². The number of nitrogens with one attached hydrogen (secondary N) is 1. The number of hydrogen-bond acceptors (Lipinski definition) is 2. The largest absolute Gasteiger partial charge is 0.383 e. The minimum Gasteiger partial charge on any atom is -0.383 e. The Bertz CT molecular complexity index is 401. The number of carbonyl (C=O) groups excluding carboxylic acids is 1. The molecule has 0 aromatic heterocycles. The standard InChI is InChI=1S/C11H12Br2FNO2/c1-17-6-8(13)5-15-11(16)9-4-7(12)2-3-10(9)14/h2-4,8H,5-6H2,1H3,(H,15,16). The Balaban J connectivity index is 2.61. The summed E-state index contributed by atoms with van der Waals surface area (Å²) in [6.07, 6.45) is 0. The van der Waals surface area contributed by atoms with Crippen molar-refractivity contribution in [2.24, 2.45) is 0 Å². The van der Waals surface area contributed by atoms with Crippen LogP contribution in [-0.4, -0.2) is 31.0 Å². The number of methoxy groups -OCH3 is 1. The molecule has 0 aliphatic carbocycles. The molecule has 17 heavy (non-hydrogen) atoms. The van der Waals surface area contributed by atoms with Crippen molar-refractivity contribution < 1.29 is 13.9 Å². The smallest absolute Gasteiger partial charge is 0.254 e. The molecule has 0 bridgehead atoms. The van der Waals surface area contributed by atoms with Crippen molar-refractivity contribution in [2.75, 3.05) is 20.3 Å². The lowest BCUT2D eigenvalue weighted by molar-refractivity contribution is 0.0946. The number of amides is 1. The fourth-order valence-electron chi connectivity index (χ4n) is 1.21. The summed E-state index contributed by atoms with van der Waals surface area (Å²) in [5, 5.41) is 2.62. The summed E-state index contributed by atoms with van der Waals surface area (Å²) >= 11 is 6.52. The van der Waals surface area contributed by atoms with Crippen molar-refractivity contribution in [1.29, 1.82) is 0 Å². The summed E-state index contributed by atoms with van der Waals surface area (Å²) in [5.41, 5.74) is 0.0245. The molecule has 0 saturated carbocycles. The topological polar surface area (TPSA) is 38.3 Å². The summed E-state index contributed by atoms with van der Waals surface area (Å²) in [4.78, 5) is 11.7. The zero-order valence-corrected chi connectivity index (χ0v) is 12.3. The van der Waals surface area contributed by atoms with Crippen LogP contribution >= 0.6 is 31.9 Å². The first-order valence-electron chi connectivity index (χ1n) is 4.91. The molecule has 1 N–H and O–H groups in total. The highest BCUT2D eigenvalue weighted by Crippen LogP contribution is 2.15. The first kappa shape index (κ1) is 14.6. The minimum atomic E-state index is -0.538. The van der Waals surface area contributed by atoms with E-state index in [2.05, 4.69) is 37.2 Å². The van der Waals surface area contributed by atoms with Gasteiger partial charge >= 0.3 is 0 Å². The van der Waals surface area contributed by atoms with Gasteiger partial charge in [0.15, 0.2) is 0 Å². The summed E-state index contributed by atoms with van der Waals surface area (Å²) in [6, 6.07) is 4.24. The fourth-order valence-corrected chi connectivity index (χ4v) is 2.00. The van der Waals surface area contributed by atoms with E-state index in [1.807, 2.05) is 0 Å². The number of carbonyl (C=O) groups is 1. The Morgan fingerprint density at radius 1 is 1.59 bits per heavy atom. The molecule has 0 saturated heterocycles. The summed E-state index contributed by atoms with van der Waals surface area (Å²) < 4.78 is 18.9. The van der Waals surface area contributed by atoms with E-state index in [1.54, 1.807) is 13.2 Å². The van der Waals surface area contributed by atoms with E-state index in [4.69, 9.17) is 4.74 Å². The van der Waals surface area contributed by atoms with Crippen LogP contribution in [0.25, 0.3) is 0 Å². The van der Waals surface area contributed by atoms with Gasteiger partial charge < -0.3 is 10.1 Å². The lowest BCUT2D eigenvalue weighted by atomic mass is 10.2. The number of ether oxygens (including phenoxy) is 1. The van der Waals surface area contributed by atoms with Gasteiger partial charge in [0, 0.05) is 18.1 Å². The molecule has 1 unspecified atom stereocenters. The van der Waals surface area contributed by atoms with Gasteiger partial charge in [-0.15, -0.1) is 0 Å². The third kappa shape index (κ3) is 4.73. The maximum Gasteiger partial charge on any atom is 0.254 e. The van der Waals surface area contributed by atoms with Crippen LogP contribution in [0.4, 0.5) is 4.39 Å². The van der Waals surface area contributed by atoms with E-state index >= 15 is 0 Å². The van der Waals surface area contributed by atoms with Crippen molar-refractivity contribution in [2.45, 2.75) is 4.83 Å². The van der Waals surface area contributed by atoms with E-state index in [1.165, 1.54) is 12.1 Å². The zero-order chi connectivity index (χ0) is 12.8. The number of halogens is 3. The molecule has 1 atom stereocenters. The molecule has 1 rings (SSSR count). The molecular formula is C11H12Br2FNO2. The molecule has 1 aromatic carbocycles. The molecule has 0 aliphatic rings. The average Bonchev–Trinajstić information content (AvgIpc) is 2.29. The van der Waals surface area contributed by atoms with Crippen molar-refractivity contribution in [3.63, 3.8) is 0 Å². The number of hydrogen-bond donors (Lipinski definition) is 1. The summed E-state index contributed by atoms with van der Waals surface area (Å²) in [5.74, 6) is -0.979. The van der Waals surface area contributed by atoms with E-state index in [0.717, 1.165) is 0 Å². The van der Waals surface area contributed by atoms with Gasteiger partial charge in [-0.05, 0) is 18.2 Å². The highest BCUT2D eigenvalue weighted by atomic mass is 79.9. The molecule has 1 amide bonds. The third-order valence-corrected chi connectivity index (χ3v) is 3.09. The van der Waals surface area contributed by atoms with Crippen molar-refractivity contribution >= 4 is 37.8 Å².